The van der Waals surface area contributed by atoms with Gasteiger partial charge in [0.25, 0.3) is 5.91 Å². The Hall–Kier alpha value is -2.48. The van der Waals surface area contributed by atoms with E-state index in [9.17, 15) is 10.1 Å². The number of hydrogen-bond donors (Lipinski definition) is 1. The summed E-state index contributed by atoms with van der Waals surface area (Å²) >= 11 is 24.5. The molecule has 0 saturated carbocycles. The van der Waals surface area contributed by atoms with E-state index in [1.165, 1.54) is 12.1 Å². The quantitative estimate of drug-likeness (QED) is 0.308. The second kappa shape index (κ2) is 10.0. The van der Waals surface area contributed by atoms with E-state index in [0.29, 0.717) is 37.8 Å². The Morgan fingerprint density at radius 2 is 1.60 bits per heavy atom. The van der Waals surface area contributed by atoms with Crippen LogP contribution in [-0.4, -0.2) is 5.91 Å². The molecule has 0 aromatic heterocycles. The third-order valence-electron chi connectivity index (χ3n) is 4.27. The standard InChI is InChI=1S/C23H14Cl4N2O/c24-19-4-2-1-3-15(19)11-16-6-5-14(10-21(16)26)9-17(13-28)23(30)29-18-7-8-20(25)22(27)12-18/h1-10,12H,11H2,(H,29,30)/b17-9+. The summed E-state index contributed by atoms with van der Waals surface area (Å²) in [6.45, 7) is 0. The summed E-state index contributed by atoms with van der Waals surface area (Å²) in [6, 6.07) is 19.5. The first-order chi connectivity index (χ1) is 14.4. The van der Waals surface area contributed by atoms with Crippen molar-refractivity contribution in [3.8, 4) is 6.07 Å². The number of hydrogen-bond acceptors (Lipinski definition) is 2. The minimum Gasteiger partial charge on any atom is -0.321 e. The van der Waals surface area contributed by atoms with E-state index in [2.05, 4.69) is 5.32 Å². The van der Waals surface area contributed by atoms with Crippen molar-refractivity contribution >= 4 is 64.1 Å². The summed E-state index contributed by atoms with van der Waals surface area (Å²) in [6.07, 6.45) is 2.05. The van der Waals surface area contributed by atoms with E-state index in [1.807, 2.05) is 36.4 Å². The minimum absolute atomic E-state index is 0.0732. The first-order valence-electron chi connectivity index (χ1n) is 8.77. The number of nitrogens with zero attached hydrogens (tertiary/aromatic N) is 1. The van der Waals surface area contributed by atoms with Gasteiger partial charge in [0.2, 0.25) is 0 Å². The van der Waals surface area contributed by atoms with Gasteiger partial charge < -0.3 is 5.32 Å². The van der Waals surface area contributed by atoms with Crippen LogP contribution < -0.4 is 5.32 Å². The Morgan fingerprint density at radius 3 is 2.27 bits per heavy atom. The Kier molecular flexibility index (Phi) is 7.42. The topological polar surface area (TPSA) is 52.9 Å². The van der Waals surface area contributed by atoms with E-state index < -0.39 is 5.91 Å². The molecule has 3 aromatic carbocycles. The number of halogens is 4. The Morgan fingerprint density at radius 1 is 0.867 bits per heavy atom. The smallest absolute Gasteiger partial charge is 0.266 e. The summed E-state index contributed by atoms with van der Waals surface area (Å²) < 4.78 is 0. The van der Waals surface area contributed by atoms with Gasteiger partial charge in [0.15, 0.2) is 0 Å². The predicted octanol–water partition coefficient (Wildman–Crippen LogP) is 7.44. The van der Waals surface area contributed by atoms with Crippen molar-refractivity contribution < 1.29 is 4.79 Å². The number of carbonyl (C=O) groups is 1. The molecule has 0 atom stereocenters. The van der Waals surface area contributed by atoms with Gasteiger partial charge in [0.1, 0.15) is 11.6 Å². The maximum atomic E-state index is 12.4. The van der Waals surface area contributed by atoms with Crippen molar-refractivity contribution in [1.29, 1.82) is 5.26 Å². The van der Waals surface area contributed by atoms with E-state index in [4.69, 9.17) is 46.4 Å². The molecule has 0 aliphatic rings. The maximum Gasteiger partial charge on any atom is 0.266 e. The summed E-state index contributed by atoms with van der Waals surface area (Å²) in [5.41, 5.74) is 2.84. The van der Waals surface area contributed by atoms with Crippen LogP contribution >= 0.6 is 46.4 Å². The minimum atomic E-state index is -0.563. The third-order valence-corrected chi connectivity index (χ3v) is 5.73. The highest BCUT2D eigenvalue weighted by Gasteiger charge is 2.12. The van der Waals surface area contributed by atoms with Crippen LogP contribution in [0.2, 0.25) is 20.1 Å². The molecule has 3 rings (SSSR count). The molecule has 0 aliphatic heterocycles. The van der Waals surface area contributed by atoms with Gasteiger partial charge in [0.05, 0.1) is 10.0 Å². The largest absolute Gasteiger partial charge is 0.321 e. The Balaban J connectivity index is 1.79. The molecule has 3 aromatic rings. The lowest BCUT2D eigenvalue weighted by molar-refractivity contribution is -0.112. The van der Waals surface area contributed by atoms with Gasteiger partial charge in [-0.2, -0.15) is 5.26 Å². The van der Waals surface area contributed by atoms with Crippen LogP contribution in [0.25, 0.3) is 6.08 Å². The SMILES string of the molecule is N#C/C(=C\c1ccc(Cc2ccccc2Cl)c(Cl)c1)C(=O)Nc1ccc(Cl)c(Cl)c1. The molecular weight excluding hydrogens is 462 g/mol. The molecule has 1 N–H and O–H groups in total. The third kappa shape index (κ3) is 5.56. The zero-order valence-corrected chi connectivity index (χ0v) is 18.4. The summed E-state index contributed by atoms with van der Waals surface area (Å²) in [5.74, 6) is -0.563. The molecule has 7 heteroatoms. The summed E-state index contributed by atoms with van der Waals surface area (Å²) in [5, 5.41) is 13.9. The van der Waals surface area contributed by atoms with Gasteiger partial charge in [-0.25, -0.2) is 0 Å². The normalized spacial score (nSPS) is 11.1. The van der Waals surface area contributed by atoms with E-state index in [1.54, 1.807) is 24.3 Å². The van der Waals surface area contributed by atoms with Gasteiger partial charge in [-0.1, -0.05) is 76.7 Å². The lowest BCUT2D eigenvalue weighted by Crippen LogP contribution is -2.13. The van der Waals surface area contributed by atoms with Gasteiger partial charge in [-0.05, 0) is 53.1 Å². The van der Waals surface area contributed by atoms with Crippen molar-refractivity contribution in [2.45, 2.75) is 6.42 Å². The Bertz CT molecular complexity index is 1180. The van der Waals surface area contributed by atoms with Crippen molar-refractivity contribution in [1.82, 2.24) is 0 Å². The monoisotopic (exact) mass is 474 g/mol. The highest BCUT2D eigenvalue weighted by Crippen LogP contribution is 2.27. The van der Waals surface area contributed by atoms with E-state index >= 15 is 0 Å². The molecule has 0 spiro atoms. The molecule has 0 radical (unpaired) electrons. The number of amides is 1. The van der Waals surface area contributed by atoms with Gasteiger partial charge in [-0.3, -0.25) is 4.79 Å². The number of rotatable bonds is 5. The molecule has 0 aliphatic carbocycles. The molecule has 3 nitrogen and oxygen atoms in total. The van der Waals surface area contributed by atoms with Crippen molar-refractivity contribution in [3.63, 3.8) is 0 Å². The highest BCUT2D eigenvalue weighted by atomic mass is 35.5. The molecule has 0 fully saturated rings. The molecule has 0 saturated heterocycles. The summed E-state index contributed by atoms with van der Waals surface area (Å²) in [7, 11) is 0. The number of nitriles is 1. The zero-order chi connectivity index (χ0) is 21.7. The van der Waals surface area contributed by atoms with Crippen LogP contribution in [0.15, 0.2) is 66.2 Å². The average molecular weight is 476 g/mol. The summed E-state index contributed by atoms with van der Waals surface area (Å²) in [4.78, 5) is 12.4. The molecule has 0 bridgehead atoms. The van der Waals surface area contributed by atoms with Gasteiger partial charge in [-0.15, -0.1) is 0 Å². The fourth-order valence-corrected chi connectivity index (χ4v) is 3.49. The van der Waals surface area contributed by atoms with Crippen LogP contribution in [-0.2, 0) is 11.2 Å². The van der Waals surface area contributed by atoms with Crippen LogP contribution in [0.5, 0.6) is 0 Å². The first kappa shape index (κ1) is 22.2. The average Bonchev–Trinajstić information content (AvgIpc) is 2.72. The van der Waals surface area contributed by atoms with Gasteiger partial charge in [0, 0.05) is 22.2 Å². The molecule has 0 unspecified atom stereocenters. The van der Waals surface area contributed by atoms with Crippen LogP contribution in [0, 0.1) is 11.3 Å². The van der Waals surface area contributed by atoms with Crippen molar-refractivity contribution in [2.24, 2.45) is 0 Å². The van der Waals surface area contributed by atoms with Crippen LogP contribution in [0.1, 0.15) is 16.7 Å². The molecule has 1 amide bonds. The predicted molar refractivity (Wildman–Crippen MR) is 124 cm³/mol. The molecular formula is C23H14Cl4N2O. The maximum absolute atomic E-state index is 12.4. The second-order valence-corrected chi connectivity index (χ2v) is 8.00. The van der Waals surface area contributed by atoms with E-state index in [0.717, 1.165) is 11.1 Å². The Labute approximate surface area is 194 Å². The zero-order valence-electron chi connectivity index (χ0n) is 15.4. The molecule has 30 heavy (non-hydrogen) atoms. The fraction of sp³-hybridized carbons (Fsp3) is 0.0435. The molecule has 0 heterocycles. The number of nitrogens with one attached hydrogen (secondary N) is 1. The van der Waals surface area contributed by atoms with Crippen LogP contribution in [0.4, 0.5) is 5.69 Å². The lowest BCUT2D eigenvalue weighted by Gasteiger charge is -2.08. The second-order valence-electron chi connectivity index (χ2n) is 6.37. The number of carbonyl (C=O) groups excluding carboxylic acids is 1. The first-order valence-corrected chi connectivity index (χ1v) is 10.3. The lowest BCUT2D eigenvalue weighted by atomic mass is 10.0. The molecule has 150 valence electrons. The number of benzene rings is 3. The van der Waals surface area contributed by atoms with Gasteiger partial charge >= 0.3 is 0 Å². The van der Waals surface area contributed by atoms with Crippen LogP contribution in [0.3, 0.4) is 0 Å². The highest BCUT2D eigenvalue weighted by molar-refractivity contribution is 6.42. The fourth-order valence-electron chi connectivity index (χ4n) is 2.73. The van der Waals surface area contributed by atoms with Crippen molar-refractivity contribution in [2.75, 3.05) is 5.32 Å². The van der Waals surface area contributed by atoms with Crippen molar-refractivity contribution in [3.05, 3.63) is 103 Å². The van der Waals surface area contributed by atoms with E-state index in [-0.39, 0.29) is 5.57 Å². The number of anilines is 1.